The fourth-order valence-electron chi connectivity index (χ4n) is 1.75. The Morgan fingerprint density at radius 2 is 2.00 bits per heavy atom. The van der Waals surface area contributed by atoms with Gasteiger partial charge in [0.2, 0.25) is 0 Å². The van der Waals surface area contributed by atoms with Gasteiger partial charge in [-0.3, -0.25) is 4.90 Å². The van der Waals surface area contributed by atoms with Crippen LogP contribution in [-0.2, 0) is 6.42 Å². The van der Waals surface area contributed by atoms with Crippen LogP contribution in [0.15, 0.2) is 66.7 Å². The number of amides is 1. The summed E-state index contributed by atoms with van der Waals surface area (Å²) >= 11 is 0. The van der Waals surface area contributed by atoms with E-state index in [9.17, 15) is 4.79 Å². The lowest BCUT2D eigenvalue weighted by Crippen LogP contribution is -2.17. The molecule has 1 aliphatic rings. The highest BCUT2D eigenvalue weighted by Crippen LogP contribution is 2.04. The summed E-state index contributed by atoms with van der Waals surface area (Å²) in [6.07, 6.45) is 8.27. The number of carboxylic acid groups (broad SMARTS) is 1. The van der Waals surface area contributed by atoms with Gasteiger partial charge in [-0.25, -0.2) is 4.79 Å². The first-order valence-corrected chi connectivity index (χ1v) is 6.11. The Labute approximate surface area is 112 Å². The van der Waals surface area contributed by atoms with Gasteiger partial charge < -0.3 is 10.4 Å². The molecule has 0 unspecified atom stereocenters. The monoisotopic (exact) mass is 256 g/mol. The highest BCUT2D eigenvalue weighted by atomic mass is 16.4. The summed E-state index contributed by atoms with van der Waals surface area (Å²) < 4.78 is 0. The summed E-state index contributed by atoms with van der Waals surface area (Å²) in [6, 6.07) is 10.2. The van der Waals surface area contributed by atoms with Crippen LogP contribution < -0.4 is 5.32 Å². The number of hydrogen-bond donors (Lipinski definition) is 2. The van der Waals surface area contributed by atoms with Gasteiger partial charge in [0, 0.05) is 24.6 Å². The molecule has 0 spiro atoms. The Balaban J connectivity index is 1.84. The second-order valence-electron chi connectivity index (χ2n) is 4.13. The van der Waals surface area contributed by atoms with Gasteiger partial charge in [-0.2, -0.15) is 0 Å². The Bertz CT molecular complexity index is 518. The van der Waals surface area contributed by atoms with Crippen LogP contribution in [0.5, 0.6) is 0 Å². The first-order valence-electron chi connectivity index (χ1n) is 6.11. The smallest absolute Gasteiger partial charge is 0.415 e. The van der Waals surface area contributed by atoms with Gasteiger partial charge in [-0.1, -0.05) is 30.3 Å². The topological polar surface area (TPSA) is 52.6 Å². The molecule has 2 N–H and O–H groups in total. The quantitative estimate of drug-likeness (QED) is 0.871. The summed E-state index contributed by atoms with van der Waals surface area (Å²) in [5.74, 6) is 0. The van der Waals surface area contributed by atoms with Crippen molar-refractivity contribution >= 4 is 6.09 Å². The third-order valence-corrected chi connectivity index (χ3v) is 2.74. The number of rotatable bonds is 4. The standard InChI is InChI=1S/C15H16N2O2/c18-15(19)17-11-4-7-14(9-12-17)16-10-8-13-5-2-1-3-6-13/h1-7,9,11-12,16H,8,10H2,(H,18,19). The van der Waals surface area contributed by atoms with Crippen LogP contribution >= 0.6 is 0 Å². The van der Waals surface area contributed by atoms with Gasteiger partial charge in [0.25, 0.3) is 0 Å². The molecular weight excluding hydrogens is 240 g/mol. The lowest BCUT2D eigenvalue weighted by atomic mass is 10.1. The van der Waals surface area contributed by atoms with Crippen molar-refractivity contribution in [3.63, 3.8) is 0 Å². The van der Waals surface area contributed by atoms with Crippen LogP contribution in [0.4, 0.5) is 4.79 Å². The lowest BCUT2D eigenvalue weighted by Gasteiger charge is -2.07. The van der Waals surface area contributed by atoms with Crippen molar-refractivity contribution in [3.05, 3.63) is 72.2 Å². The molecule has 0 atom stereocenters. The summed E-state index contributed by atoms with van der Waals surface area (Å²) in [5, 5.41) is 12.1. The van der Waals surface area contributed by atoms with Gasteiger partial charge in [0.1, 0.15) is 0 Å². The minimum atomic E-state index is -0.994. The molecule has 1 aromatic carbocycles. The number of nitrogens with zero attached hydrogens (tertiary/aromatic N) is 1. The molecule has 98 valence electrons. The van der Waals surface area contributed by atoms with Crippen molar-refractivity contribution in [2.75, 3.05) is 6.54 Å². The third-order valence-electron chi connectivity index (χ3n) is 2.74. The maximum Gasteiger partial charge on any atom is 0.415 e. The minimum Gasteiger partial charge on any atom is -0.464 e. The Morgan fingerprint density at radius 1 is 1.21 bits per heavy atom. The van der Waals surface area contributed by atoms with E-state index < -0.39 is 6.09 Å². The molecule has 2 rings (SSSR count). The van der Waals surface area contributed by atoms with Crippen molar-refractivity contribution < 1.29 is 9.90 Å². The average molecular weight is 256 g/mol. The van der Waals surface area contributed by atoms with Gasteiger partial charge >= 0.3 is 6.09 Å². The van der Waals surface area contributed by atoms with E-state index >= 15 is 0 Å². The van der Waals surface area contributed by atoms with Crippen LogP contribution in [0.1, 0.15) is 5.56 Å². The van der Waals surface area contributed by atoms with Gasteiger partial charge in [-0.05, 0) is 30.2 Å². The van der Waals surface area contributed by atoms with E-state index in [4.69, 9.17) is 5.11 Å². The van der Waals surface area contributed by atoms with Crippen LogP contribution in [0.25, 0.3) is 0 Å². The first-order chi connectivity index (χ1) is 9.25. The van der Waals surface area contributed by atoms with E-state index in [0.29, 0.717) is 0 Å². The van der Waals surface area contributed by atoms with Crippen LogP contribution in [0.3, 0.4) is 0 Å². The molecule has 1 aromatic rings. The van der Waals surface area contributed by atoms with E-state index in [1.54, 1.807) is 12.2 Å². The van der Waals surface area contributed by atoms with E-state index in [0.717, 1.165) is 23.6 Å². The molecule has 1 amide bonds. The molecule has 0 bridgehead atoms. The molecule has 0 aromatic heterocycles. The lowest BCUT2D eigenvalue weighted by molar-refractivity contribution is 0.175. The fourth-order valence-corrected chi connectivity index (χ4v) is 1.75. The van der Waals surface area contributed by atoms with E-state index in [1.807, 2.05) is 24.3 Å². The molecule has 4 nitrogen and oxygen atoms in total. The number of nitrogens with one attached hydrogen (secondary N) is 1. The third kappa shape index (κ3) is 4.03. The molecule has 0 saturated heterocycles. The predicted octanol–water partition coefficient (Wildman–Crippen LogP) is 2.72. The van der Waals surface area contributed by atoms with E-state index in [1.165, 1.54) is 18.0 Å². The van der Waals surface area contributed by atoms with E-state index in [-0.39, 0.29) is 0 Å². The largest absolute Gasteiger partial charge is 0.464 e. The summed E-state index contributed by atoms with van der Waals surface area (Å²) in [5.41, 5.74) is 2.17. The molecule has 19 heavy (non-hydrogen) atoms. The van der Waals surface area contributed by atoms with Gasteiger partial charge in [0.15, 0.2) is 0 Å². The fraction of sp³-hybridized carbons (Fsp3) is 0.133. The van der Waals surface area contributed by atoms with Crippen LogP contribution in [-0.4, -0.2) is 22.6 Å². The Kier molecular flexibility index (Phi) is 4.39. The molecular formula is C15H16N2O2. The zero-order valence-electron chi connectivity index (χ0n) is 10.5. The normalized spacial score (nSPS) is 13.9. The van der Waals surface area contributed by atoms with Crippen molar-refractivity contribution in [2.24, 2.45) is 0 Å². The Morgan fingerprint density at radius 3 is 2.74 bits per heavy atom. The minimum absolute atomic E-state index is 0.807. The van der Waals surface area contributed by atoms with Crippen molar-refractivity contribution in [1.82, 2.24) is 10.2 Å². The summed E-state index contributed by atoms with van der Waals surface area (Å²) in [6.45, 7) is 0.807. The Hall–Kier alpha value is -2.49. The number of hydrogen-bond acceptors (Lipinski definition) is 2. The molecule has 0 aliphatic carbocycles. The molecule has 1 aliphatic heterocycles. The SMILES string of the molecule is O=C(O)N1C=CC=C(NCCc2ccccc2)C=C1. The van der Waals surface area contributed by atoms with E-state index in [2.05, 4.69) is 17.4 Å². The predicted molar refractivity (Wildman–Crippen MR) is 74.4 cm³/mol. The van der Waals surface area contributed by atoms with Gasteiger partial charge in [0.05, 0.1) is 0 Å². The average Bonchev–Trinajstić information content (AvgIpc) is 2.66. The first kappa shape index (κ1) is 13.0. The molecule has 0 saturated carbocycles. The van der Waals surface area contributed by atoms with Crippen LogP contribution in [0.2, 0.25) is 0 Å². The number of benzene rings is 1. The van der Waals surface area contributed by atoms with Crippen molar-refractivity contribution in [1.29, 1.82) is 0 Å². The molecule has 0 radical (unpaired) electrons. The maximum absolute atomic E-state index is 10.8. The molecule has 4 heteroatoms. The number of carbonyl (C=O) groups is 1. The maximum atomic E-state index is 10.8. The second kappa shape index (κ2) is 6.44. The zero-order chi connectivity index (χ0) is 13.5. The second-order valence-corrected chi connectivity index (χ2v) is 4.13. The van der Waals surface area contributed by atoms with Crippen LogP contribution in [0, 0.1) is 0 Å². The van der Waals surface area contributed by atoms with Crippen molar-refractivity contribution in [3.8, 4) is 0 Å². The summed E-state index contributed by atoms with van der Waals surface area (Å²) in [4.78, 5) is 11.9. The summed E-state index contributed by atoms with van der Waals surface area (Å²) in [7, 11) is 0. The number of allylic oxidation sites excluding steroid dienone is 3. The highest BCUT2D eigenvalue weighted by Gasteiger charge is 2.05. The van der Waals surface area contributed by atoms with Gasteiger partial charge in [-0.15, -0.1) is 0 Å². The molecule has 1 heterocycles. The van der Waals surface area contributed by atoms with Crippen molar-refractivity contribution in [2.45, 2.75) is 6.42 Å². The zero-order valence-corrected chi connectivity index (χ0v) is 10.5. The highest BCUT2D eigenvalue weighted by molar-refractivity contribution is 5.68. The molecule has 0 fully saturated rings.